The first-order chi connectivity index (χ1) is 8.13. The number of esters is 1. The topological polar surface area (TPSA) is 50.1 Å². The number of rotatable bonds is 2. The Bertz CT molecular complexity index is 512. The maximum absolute atomic E-state index is 11.3. The third kappa shape index (κ3) is 2.16. The molecule has 3 heteroatoms. The van der Waals surface area contributed by atoms with Crippen molar-refractivity contribution in [3.8, 4) is 11.8 Å². The second-order valence-electron chi connectivity index (χ2n) is 4.42. The van der Waals surface area contributed by atoms with E-state index in [9.17, 15) is 4.79 Å². The third-order valence-corrected chi connectivity index (χ3v) is 3.26. The van der Waals surface area contributed by atoms with Gasteiger partial charge >= 0.3 is 5.97 Å². The third-order valence-electron chi connectivity index (χ3n) is 3.26. The number of nitriles is 1. The van der Waals surface area contributed by atoms with Gasteiger partial charge < -0.3 is 4.74 Å². The van der Waals surface area contributed by atoms with Crippen LogP contribution in [0.15, 0.2) is 6.07 Å². The van der Waals surface area contributed by atoms with E-state index in [1.165, 1.54) is 11.1 Å². The molecule has 1 aliphatic rings. The van der Waals surface area contributed by atoms with Crippen LogP contribution in [0.25, 0.3) is 0 Å². The van der Waals surface area contributed by atoms with Gasteiger partial charge in [0.15, 0.2) is 0 Å². The quantitative estimate of drug-likeness (QED) is 0.578. The molecule has 88 valence electrons. The van der Waals surface area contributed by atoms with Gasteiger partial charge in [0.25, 0.3) is 0 Å². The van der Waals surface area contributed by atoms with Gasteiger partial charge in [-0.2, -0.15) is 5.26 Å². The van der Waals surface area contributed by atoms with Gasteiger partial charge in [0.1, 0.15) is 5.75 Å². The number of hydrogen-bond acceptors (Lipinski definition) is 3. The molecular weight excluding hydrogens is 214 g/mol. The van der Waals surface area contributed by atoms with Crippen LogP contribution in [-0.2, 0) is 17.6 Å². The second-order valence-corrected chi connectivity index (χ2v) is 4.42. The van der Waals surface area contributed by atoms with Gasteiger partial charge in [-0.3, -0.25) is 4.79 Å². The largest absolute Gasteiger partial charge is 0.426 e. The summed E-state index contributed by atoms with van der Waals surface area (Å²) < 4.78 is 5.30. The Morgan fingerprint density at radius 3 is 2.88 bits per heavy atom. The summed E-state index contributed by atoms with van der Waals surface area (Å²) in [6.45, 7) is 4.00. The fourth-order valence-electron chi connectivity index (χ4n) is 2.32. The number of hydrogen-bond donors (Lipinski definition) is 0. The molecule has 0 N–H and O–H groups in total. The van der Waals surface area contributed by atoms with E-state index in [1.807, 2.05) is 19.9 Å². The Balaban J connectivity index is 2.44. The fraction of sp³-hybridized carbons (Fsp3) is 0.429. The van der Waals surface area contributed by atoms with Crippen LogP contribution >= 0.6 is 0 Å². The molecule has 1 aromatic rings. The van der Waals surface area contributed by atoms with Gasteiger partial charge in [0, 0.05) is 6.42 Å². The molecule has 0 aliphatic carbocycles. The molecule has 0 aromatic heterocycles. The Labute approximate surface area is 101 Å². The summed E-state index contributed by atoms with van der Waals surface area (Å²) in [6, 6.07) is 4.20. The number of carbonyl (C=O) groups is 1. The zero-order valence-corrected chi connectivity index (χ0v) is 10.2. The van der Waals surface area contributed by atoms with Crippen LogP contribution < -0.4 is 4.74 Å². The van der Waals surface area contributed by atoms with Gasteiger partial charge in [-0.25, -0.2) is 0 Å². The van der Waals surface area contributed by atoms with Gasteiger partial charge in [-0.1, -0.05) is 6.07 Å². The van der Waals surface area contributed by atoms with Crippen LogP contribution in [0.4, 0.5) is 0 Å². The second kappa shape index (κ2) is 4.58. The molecule has 0 unspecified atom stereocenters. The summed E-state index contributed by atoms with van der Waals surface area (Å²) in [5, 5.41) is 8.64. The first-order valence-electron chi connectivity index (χ1n) is 5.83. The summed E-state index contributed by atoms with van der Waals surface area (Å²) in [6.07, 6.45) is 2.50. The lowest BCUT2D eigenvalue weighted by Crippen LogP contribution is -2.18. The highest BCUT2D eigenvalue weighted by atomic mass is 16.5. The van der Waals surface area contributed by atoms with Crippen molar-refractivity contribution in [2.75, 3.05) is 0 Å². The molecule has 1 aromatic carbocycles. The Morgan fingerprint density at radius 2 is 2.18 bits per heavy atom. The van der Waals surface area contributed by atoms with Crippen molar-refractivity contribution in [1.82, 2.24) is 0 Å². The molecule has 0 saturated carbocycles. The normalized spacial score (nSPS) is 13.8. The number of carbonyl (C=O) groups excluding carboxylic acids is 1. The van der Waals surface area contributed by atoms with Gasteiger partial charge in [-0.05, 0) is 48.9 Å². The van der Waals surface area contributed by atoms with Crippen LogP contribution in [0.5, 0.6) is 5.75 Å². The molecule has 3 nitrogen and oxygen atoms in total. The van der Waals surface area contributed by atoms with Crippen molar-refractivity contribution >= 4 is 5.97 Å². The molecule has 0 spiro atoms. The van der Waals surface area contributed by atoms with Crippen LogP contribution in [0.1, 0.15) is 35.1 Å². The lowest BCUT2D eigenvalue weighted by molar-refractivity contribution is -0.135. The number of fused-ring (bicyclic) bond motifs is 1. The van der Waals surface area contributed by atoms with Crippen molar-refractivity contribution < 1.29 is 9.53 Å². The Morgan fingerprint density at radius 1 is 1.41 bits per heavy atom. The van der Waals surface area contributed by atoms with Gasteiger partial charge in [0.05, 0.1) is 12.5 Å². The van der Waals surface area contributed by atoms with Gasteiger partial charge in [-0.15, -0.1) is 0 Å². The lowest BCUT2D eigenvalue weighted by Gasteiger charge is -2.21. The monoisotopic (exact) mass is 229 g/mol. The van der Waals surface area contributed by atoms with Crippen molar-refractivity contribution in [3.63, 3.8) is 0 Å². The molecule has 2 rings (SSSR count). The fourth-order valence-corrected chi connectivity index (χ4v) is 2.32. The number of nitrogens with zero attached hydrogens (tertiary/aromatic N) is 1. The molecule has 0 saturated heterocycles. The highest BCUT2D eigenvalue weighted by Crippen LogP contribution is 2.34. The summed E-state index contributed by atoms with van der Waals surface area (Å²) in [4.78, 5) is 11.3. The molecule has 17 heavy (non-hydrogen) atoms. The van der Waals surface area contributed by atoms with E-state index in [2.05, 4.69) is 6.07 Å². The SMILES string of the molecule is Cc1cc(CCC#N)c(C)c2c1OC(=O)CC2. The molecule has 0 bridgehead atoms. The summed E-state index contributed by atoms with van der Waals surface area (Å²) in [5.74, 6) is 0.587. The predicted octanol–water partition coefficient (Wildman–Crippen LogP) is 2.61. The van der Waals surface area contributed by atoms with E-state index in [1.54, 1.807) is 0 Å². The van der Waals surface area contributed by atoms with E-state index in [0.29, 0.717) is 12.8 Å². The molecule has 0 fully saturated rings. The average Bonchev–Trinajstić information content (AvgIpc) is 2.32. The van der Waals surface area contributed by atoms with Crippen molar-refractivity contribution in [2.24, 2.45) is 0 Å². The number of benzene rings is 1. The minimum Gasteiger partial charge on any atom is -0.426 e. The Hall–Kier alpha value is -1.82. The summed E-state index contributed by atoms with van der Waals surface area (Å²) >= 11 is 0. The van der Waals surface area contributed by atoms with Crippen LogP contribution in [0.3, 0.4) is 0 Å². The van der Waals surface area contributed by atoms with Crippen LogP contribution in [0.2, 0.25) is 0 Å². The van der Waals surface area contributed by atoms with Crippen molar-refractivity contribution in [2.45, 2.75) is 39.5 Å². The molecular formula is C14H15NO2. The average molecular weight is 229 g/mol. The van der Waals surface area contributed by atoms with E-state index < -0.39 is 0 Å². The van der Waals surface area contributed by atoms with Crippen LogP contribution in [0, 0.1) is 25.2 Å². The minimum absolute atomic E-state index is 0.148. The predicted molar refractivity (Wildman–Crippen MR) is 63.8 cm³/mol. The van der Waals surface area contributed by atoms with Crippen LogP contribution in [-0.4, -0.2) is 5.97 Å². The smallest absolute Gasteiger partial charge is 0.311 e. The standard InChI is InChI=1S/C14H15NO2/c1-9-8-11(4-3-7-15)10(2)12-5-6-13(16)17-14(9)12/h8H,3-6H2,1-2H3. The zero-order chi connectivity index (χ0) is 12.4. The van der Waals surface area contributed by atoms with E-state index in [0.717, 1.165) is 29.7 Å². The molecule has 0 atom stereocenters. The highest BCUT2D eigenvalue weighted by molar-refractivity contribution is 5.76. The molecule has 0 amide bonds. The maximum atomic E-state index is 11.3. The van der Waals surface area contributed by atoms with Crippen molar-refractivity contribution in [3.05, 3.63) is 28.3 Å². The first-order valence-corrected chi connectivity index (χ1v) is 5.83. The number of aryl methyl sites for hydroxylation is 2. The molecule has 1 aliphatic heterocycles. The molecule has 0 radical (unpaired) electrons. The first kappa shape index (κ1) is 11.7. The van der Waals surface area contributed by atoms with E-state index in [-0.39, 0.29) is 5.97 Å². The number of ether oxygens (including phenoxy) is 1. The highest BCUT2D eigenvalue weighted by Gasteiger charge is 2.22. The van der Waals surface area contributed by atoms with Crippen molar-refractivity contribution in [1.29, 1.82) is 5.26 Å². The zero-order valence-electron chi connectivity index (χ0n) is 10.2. The lowest BCUT2D eigenvalue weighted by atomic mass is 9.91. The minimum atomic E-state index is -0.148. The Kier molecular flexibility index (Phi) is 3.14. The van der Waals surface area contributed by atoms with Gasteiger partial charge in [0.2, 0.25) is 0 Å². The maximum Gasteiger partial charge on any atom is 0.311 e. The van der Waals surface area contributed by atoms with E-state index >= 15 is 0 Å². The summed E-state index contributed by atoms with van der Waals surface area (Å²) in [5.41, 5.74) is 4.50. The molecule has 1 heterocycles. The van der Waals surface area contributed by atoms with E-state index in [4.69, 9.17) is 10.00 Å². The summed E-state index contributed by atoms with van der Waals surface area (Å²) in [7, 11) is 0.